The molecule has 1 aliphatic rings. The van der Waals surface area contributed by atoms with Gasteiger partial charge in [0.05, 0.1) is 31.8 Å². The van der Waals surface area contributed by atoms with Crippen LogP contribution in [0.4, 0.5) is 0 Å². The van der Waals surface area contributed by atoms with Crippen molar-refractivity contribution in [1.82, 2.24) is 9.88 Å². The van der Waals surface area contributed by atoms with Crippen molar-refractivity contribution in [3.63, 3.8) is 0 Å². The molecule has 0 fully saturated rings. The van der Waals surface area contributed by atoms with E-state index in [2.05, 4.69) is 11.1 Å². The van der Waals surface area contributed by atoms with Gasteiger partial charge < -0.3 is 19.1 Å². The molecule has 3 aromatic rings. The Hall–Kier alpha value is -2.84. The van der Waals surface area contributed by atoms with Crippen LogP contribution in [0.1, 0.15) is 22.5 Å². The number of benzene rings is 1. The van der Waals surface area contributed by atoms with Gasteiger partial charge in [-0.2, -0.15) is 0 Å². The minimum Gasteiger partial charge on any atom is -0.496 e. The summed E-state index contributed by atoms with van der Waals surface area (Å²) in [6, 6.07) is 7.69. The maximum atomic E-state index is 12.9. The molecule has 0 bridgehead atoms. The van der Waals surface area contributed by atoms with E-state index < -0.39 is 0 Å². The van der Waals surface area contributed by atoms with Crippen LogP contribution >= 0.6 is 22.7 Å². The molecular weight excluding hydrogens is 420 g/mol. The fourth-order valence-corrected chi connectivity index (χ4v) is 5.06. The Balaban J connectivity index is 1.54. The molecule has 0 spiro atoms. The number of nitrogens with zero attached hydrogens (tertiary/aromatic N) is 2. The van der Waals surface area contributed by atoms with E-state index in [1.165, 1.54) is 11.3 Å². The van der Waals surface area contributed by atoms with E-state index in [0.717, 1.165) is 21.0 Å². The van der Waals surface area contributed by atoms with Gasteiger partial charge in [0.2, 0.25) is 0 Å². The second kappa shape index (κ2) is 8.89. The lowest BCUT2D eigenvalue weighted by molar-refractivity contribution is 0.0768. The van der Waals surface area contributed by atoms with Crippen LogP contribution < -0.4 is 14.2 Å². The van der Waals surface area contributed by atoms with Gasteiger partial charge in [-0.1, -0.05) is 12.1 Å². The van der Waals surface area contributed by atoms with Gasteiger partial charge in [-0.25, -0.2) is 4.98 Å². The largest absolute Gasteiger partial charge is 0.496 e. The molecule has 156 valence electrons. The SMILES string of the molecule is COc1cc(OC)c(C2=CCN(C(=O)c3csc(-c4cccs4)n3)CC2)c(OC)c1. The first-order chi connectivity index (χ1) is 14.6. The van der Waals surface area contributed by atoms with Crippen LogP contribution in [0.2, 0.25) is 0 Å². The van der Waals surface area contributed by atoms with Crippen molar-refractivity contribution in [3.8, 4) is 27.1 Å². The van der Waals surface area contributed by atoms with E-state index in [1.807, 2.05) is 39.9 Å². The fraction of sp³-hybridized carbons (Fsp3) is 0.273. The van der Waals surface area contributed by atoms with E-state index in [9.17, 15) is 4.79 Å². The highest BCUT2D eigenvalue weighted by atomic mass is 32.1. The molecule has 30 heavy (non-hydrogen) atoms. The third-order valence-electron chi connectivity index (χ3n) is 4.99. The Morgan fingerprint density at radius 1 is 1.10 bits per heavy atom. The Labute approximate surface area is 183 Å². The van der Waals surface area contributed by atoms with Crippen LogP contribution in [0.5, 0.6) is 17.2 Å². The normalized spacial score (nSPS) is 13.7. The number of ether oxygens (including phenoxy) is 3. The lowest BCUT2D eigenvalue weighted by Gasteiger charge is -2.27. The molecule has 3 heterocycles. The maximum absolute atomic E-state index is 12.9. The van der Waals surface area contributed by atoms with E-state index in [0.29, 0.717) is 42.5 Å². The highest BCUT2D eigenvalue weighted by molar-refractivity contribution is 7.20. The number of thiazole rings is 1. The Kier molecular flexibility index (Phi) is 6.06. The quantitative estimate of drug-likeness (QED) is 0.547. The average Bonchev–Trinajstić information content (AvgIpc) is 3.49. The van der Waals surface area contributed by atoms with Crippen LogP contribution in [0.25, 0.3) is 15.5 Å². The minimum atomic E-state index is -0.0435. The molecule has 8 heteroatoms. The molecule has 6 nitrogen and oxygen atoms in total. The summed E-state index contributed by atoms with van der Waals surface area (Å²) in [5, 5.41) is 4.73. The first kappa shape index (κ1) is 20.4. The molecule has 1 aromatic carbocycles. The molecule has 0 radical (unpaired) electrons. The van der Waals surface area contributed by atoms with E-state index in [-0.39, 0.29) is 5.91 Å². The van der Waals surface area contributed by atoms with E-state index in [4.69, 9.17) is 14.2 Å². The number of hydrogen-bond acceptors (Lipinski definition) is 7. The first-order valence-corrected chi connectivity index (χ1v) is 11.2. The third-order valence-corrected chi connectivity index (χ3v) is 6.87. The van der Waals surface area contributed by atoms with Crippen molar-refractivity contribution in [2.45, 2.75) is 6.42 Å². The number of aromatic nitrogens is 1. The number of carbonyl (C=O) groups excluding carboxylic acids is 1. The zero-order valence-corrected chi connectivity index (χ0v) is 18.6. The summed E-state index contributed by atoms with van der Waals surface area (Å²) in [7, 11) is 4.87. The molecule has 4 rings (SSSR count). The van der Waals surface area contributed by atoms with Crippen LogP contribution in [-0.2, 0) is 0 Å². The van der Waals surface area contributed by atoms with Crippen LogP contribution in [0.3, 0.4) is 0 Å². The number of methoxy groups -OCH3 is 3. The standard InChI is InChI=1S/C22H22N2O4S2/c1-26-15-11-17(27-2)20(18(12-15)28-3)14-6-8-24(9-7-14)22(25)16-13-30-21(23-16)19-5-4-10-29-19/h4-6,10-13H,7-9H2,1-3H3. The topological polar surface area (TPSA) is 60.9 Å². The smallest absolute Gasteiger partial charge is 0.273 e. The number of amides is 1. The highest BCUT2D eigenvalue weighted by Gasteiger charge is 2.25. The molecule has 0 N–H and O–H groups in total. The van der Waals surface area contributed by atoms with Gasteiger partial charge in [-0.05, 0) is 23.4 Å². The Morgan fingerprint density at radius 2 is 1.87 bits per heavy atom. The summed E-state index contributed by atoms with van der Waals surface area (Å²) < 4.78 is 16.5. The van der Waals surface area contributed by atoms with Crippen molar-refractivity contribution in [3.05, 3.63) is 52.4 Å². The second-order valence-corrected chi connectivity index (χ2v) is 8.46. The minimum absolute atomic E-state index is 0.0435. The molecule has 0 aliphatic carbocycles. The predicted octanol–water partition coefficient (Wildman–Crippen LogP) is 4.83. The van der Waals surface area contributed by atoms with Crippen molar-refractivity contribution >= 4 is 34.2 Å². The van der Waals surface area contributed by atoms with Gasteiger partial charge in [0.25, 0.3) is 5.91 Å². The van der Waals surface area contributed by atoms with Crippen molar-refractivity contribution in [1.29, 1.82) is 0 Å². The van der Waals surface area contributed by atoms with Gasteiger partial charge >= 0.3 is 0 Å². The Morgan fingerprint density at radius 3 is 2.43 bits per heavy atom. The summed E-state index contributed by atoms with van der Waals surface area (Å²) >= 11 is 3.13. The molecule has 0 atom stereocenters. The monoisotopic (exact) mass is 442 g/mol. The summed E-state index contributed by atoms with van der Waals surface area (Å²) in [6.45, 7) is 1.12. The van der Waals surface area contributed by atoms with Crippen molar-refractivity contribution in [2.75, 3.05) is 34.4 Å². The molecule has 0 saturated heterocycles. The summed E-state index contributed by atoms with van der Waals surface area (Å²) in [4.78, 5) is 20.4. The molecular formula is C22H22N2O4S2. The van der Waals surface area contributed by atoms with Gasteiger partial charge in [-0.3, -0.25) is 4.79 Å². The van der Waals surface area contributed by atoms with Crippen LogP contribution in [0, 0.1) is 0 Å². The number of hydrogen-bond donors (Lipinski definition) is 0. The number of carbonyl (C=O) groups is 1. The van der Waals surface area contributed by atoms with Crippen molar-refractivity contribution in [2.24, 2.45) is 0 Å². The van der Waals surface area contributed by atoms with E-state index in [1.54, 1.807) is 32.7 Å². The maximum Gasteiger partial charge on any atom is 0.273 e. The zero-order chi connectivity index (χ0) is 21.1. The molecule has 2 aromatic heterocycles. The summed E-state index contributed by atoms with van der Waals surface area (Å²) in [5.41, 5.74) is 2.49. The molecule has 0 saturated carbocycles. The molecule has 0 unspecified atom stereocenters. The fourth-order valence-electron chi connectivity index (χ4n) is 3.45. The summed E-state index contributed by atoms with van der Waals surface area (Å²) in [6.07, 6.45) is 2.76. The highest BCUT2D eigenvalue weighted by Crippen LogP contribution is 2.41. The summed E-state index contributed by atoms with van der Waals surface area (Å²) in [5.74, 6) is 2.01. The molecule has 1 aliphatic heterocycles. The number of thiophene rings is 1. The van der Waals surface area contributed by atoms with Crippen LogP contribution in [-0.4, -0.2) is 50.2 Å². The zero-order valence-electron chi connectivity index (χ0n) is 17.0. The first-order valence-electron chi connectivity index (χ1n) is 9.42. The van der Waals surface area contributed by atoms with E-state index >= 15 is 0 Å². The average molecular weight is 443 g/mol. The number of rotatable bonds is 6. The van der Waals surface area contributed by atoms with Crippen LogP contribution in [0.15, 0.2) is 41.1 Å². The lowest BCUT2D eigenvalue weighted by Crippen LogP contribution is -2.34. The second-order valence-electron chi connectivity index (χ2n) is 6.65. The van der Waals surface area contributed by atoms with Gasteiger partial charge in [0.1, 0.15) is 28.0 Å². The lowest BCUT2D eigenvalue weighted by atomic mass is 9.97. The van der Waals surface area contributed by atoms with Gasteiger partial charge in [0, 0.05) is 30.6 Å². The van der Waals surface area contributed by atoms with Gasteiger partial charge in [-0.15, -0.1) is 22.7 Å². The van der Waals surface area contributed by atoms with Gasteiger partial charge in [0.15, 0.2) is 0 Å². The predicted molar refractivity (Wildman–Crippen MR) is 120 cm³/mol. The molecule has 1 amide bonds. The van der Waals surface area contributed by atoms with Crippen molar-refractivity contribution < 1.29 is 19.0 Å². The Bertz CT molecular complexity index is 1050. The third kappa shape index (κ3) is 3.93.